The van der Waals surface area contributed by atoms with Crippen molar-refractivity contribution in [3.05, 3.63) is 53.7 Å². The average molecular weight is 258 g/mol. The van der Waals surface area contributed by atoms with Crippen LogP contribution in [0.5, 0.6) is 11.6 Å². The lowest BCUT2D eigenvalue weighted by atomic mass is 10.1. The third-order valence-electron chi connectivity index (χ3n) is 2.60. The van der Waals surface area contributed by atoms with Crippen LogP contribution in [0.25, 0.3) is 0 Å². The summed E-state index contributed by atoms with van der Waals surface area (Å²) in [6.45, 7) is 0.0191. The summed E-state index contributed by atoms with van der Waals surface area (Å²) in [6.07, 6.45) is 1.99. The number of primary amides is 1. The number of carbonyl (C=O) groups excluding carboxylic acids is 1. The van der Waals surface area contributed by atoms with Gasteiger partial charge < -0.3 is 15.6 Å². The van der Waals surface area contributed by atoms with E-state index < -0.39 is 5.91 Å². The van der Waals surface area contributed by atoms with Crippen molar-refractivity contribution in [2.75, 3.05) is 6.61 Å². The van der Waals surface area contributed by atoms with Gasteiger partial charge in [-0.25, -0.2) is 4.98 Å². The average Bonchev–Trinajstić information content (AvgIpc) is 2.42. The third-order valence-corrected chi connectivity index (χ3v) is 2.60. The Kier molecular flexibility index (Phi) is 4.10. The number of amides is 1. The maximum Gasteiger partial charge on any atom is 0.254 e. The van der Waals surface area contributed by atoms with E-state index in [9.17, 15) is 4.79 Å². The van der Waals surface area contributed by atoms with Crippen LogP contribution in [0.1, 0.15) is 15.9 Å². The number of pyridine rings is 1. The van der Waals surface area contributed by atoms with Gasteiger partial charge in [-0.1, -0.05) is 18.2 Å². The van der Waals surface area contributed by atoms with E-state index in [1.54, 1.807) is 18.2 Å². The van der Waals surface area contributed by atoms with Gasteiger partial charge in [0.05, 0.1) is 0 Å². The summed E-state index contributed by atoms with van der Waals surface area (Å²) in [5, 5.41) is 9.01. The van der Waals surface area contributed by atoms with E-state index in [0.717, 1.165) is 5.56 Å². The Morgan fingerprint density at radius 1 is 1.26 bits per heavy atom. The minimum atomic E-state index is -0.595. The molecule has 0 atom stereocenters. The predicted octanol–water partition coefficient (Wildman–Crippen LogP) is 1.51. The summed E-state index contributed by atoms with van der Waals surface area (Å²) in [5.74, 6) is 0.126. The van der Waals surface area contributed by atoms with Crippen molar-refractivity contribution in [3.8, 4) is 11.6 Å². The molecule has 0 fully saturated rings. The van der Waals surface area contributed by atoms with Gasteiger partial charge in [0.1, 0.15) is 11.3 Å². The highest BCUT2D eigenvalue weighted by Crippen LogP contribution is 2.26. The van der Waals surface area contributed by atoms with Crippen LogP contribution in [-0.4, -0.2) is 22.6 Å². The highest BCUT2D eigenvalue weighted by molar-refractivity contribution is 5.95. The Hall–Kier alpha value is -2.40. The van der Waals surface area contributed by atoms with Crippen LogP contribution in [0.15, 0.2) is 42.6 Å². The quantitative estimate of drug-likeness (QED) is 0.851. The van der Waals surface area contributed by atoms with E-state index in [1.165, 1.54) is 6.20 Å². The van der Waals surface area contributed by atoms with Gasteiger partial charge in [0.25, 0.3) is 5.91 Å². The number of carbonyl (C=O) groups is 1. The molecule has 2 rings (SSSR count). The van der Waals surface area contributed by atoms with E-state index in [-0.39, 0.29) is 18.1 Å². The van der Waals surface area contributed by atoms with Crippen molar-refractivity contribution in [2.45, 2.75) is 6.42 Å². The van der Waals surface area contributed by atoms with Gasteiger partial charge in [0.15, 0.2) is 0 Å². The number of hydrogen-bond donors (Lipinski definition) is 2. The van der Waals surface area contributed by atoms with Gasteiger partial charge in [-0.3, -0.25) is 4.79 Å². The van der Waals surface area contributed by atoms with Crippen LogP contribution >= 0.6 is 0 Å². The minimum absolute atomic E-state index is 0.0191. The number of para-hydroxylation sites is 1. The molecule has 0 unspecified atom stereocenters. The van der Waals surface area contributed by atoms with E-state index in [2.05, 4.69) is 4.98 Å². The molecule has 0 spiro atoms. The Morgan fingerprint density at radius 3 is 2.79 bits per heavy atom. The van der Waals surface area contributed by atoms with Gasteiger partial charge in [-0.15, -0.1) is 0 Å². The van der Waals surface area contributed by atoms with Crippen molar-refractivity contribution < 1.29 is 14.6 Å². The zero-order chi connectivity index (χ0) is 13.7. The molecule has 1 heterocycles. The first kappa shape index (κ1) is 13.0. The molecule has 0 radical (unpaired) electrons. The molecule has 0 bridgehead atoms. The lowest BCUT2D eigenvalue weighted by Crippen LogP contribution is -2.13. The van der Waals surface area contributed by atoms with E-state index in [4.69, 9.17) is 15.6 Å². The van der Waals surface area contributed by atoms with Crippen LogP contribution in [0.4, 0.5) is 0 Å². The standard InChI is InChI=1S/C14H14N2O3/c15-13(18)11-5-3-8-16-14(11)19-12-6-2-1-4-10(12)7-9-17/h1-6,8,17H,7,9H2,(H2,15,18). The molecule has 1 amide bonds. The van der Waals surface area contributed by atoms with Crippen molar-refractivity contribution in [3.63, 3.8) is 0 Å². The third kappa shape index (κ3) is 3.08. The van der Waals surface area contributed by atoms with Crippen molar-refractivity contribution in [2.24, 2.45) is 5.73 Å². The molecular weight excluding hydrogens is 244 g/mol. The molecule has 0 aliphatic heterocycles. The number of aromatic nitrogens is 1. The van der Waals surface area contributed by atoms with E-state index >= 15 is 0 Å². The summed E-state index contributed by atoms with van der Waals surface area (Å²) >= 11 is 0. The van der Waals surface area contributed by atoms with Gasteiger partial charge in [0, 0.05) is 12.8 Å². The number of nitrogens with two attached hydrogens (primary N) is 1. The number of ether oxygens (including phenoxy) is 1. The summed E-state index contributed by atoms with van der Waals surface area (Å²) in [5.41, 5.74) is 6.33. The molecule has 0 saturated carbocycles. The zero-order valence-electron chi connectivity index (χ0n) is 10.2. The number of nitrogens with zero attached hydrogens (tertiary/aromatic N) is 1. The molecule has 5 heteroatoms. The highest BCUT2D eigenvalue weighted by Gasteiger charge is 2.12. The number of hydrogen-bond acceptors (Lipinski definition) is 4. The Morgan fingerprint density at radius 2 is 2.05 bits per heavy atom. The van der Waals surface area contributed by atoms with E-state index in [1.807, 2.05) is 18.2 Å². The number of benzene rings is 1. The van der Waals surface area contributed by atoms with Crippen molar-refractivity contribution in [1.82, 2.24) is 4.98 Å². The molecule has 1 aromatic carbocycles. The minimum Gasteiger partial charge on any atom is -0.438 e. The molecule has 0 aliphatic carbocycles. The van der Waals surface area contributed by atoms with Gasteiger partial charge in [0.2, 0.25) is 5.88 Å². The Bertz CT molecular complexity index is 584. The second-order valence-electron chi connectivity index (χ2n) is 3.90. The SMILES string of the molecule is NC(=O)c1cccnc1Oc1ccccc1CCO. The second kappa shape index (κ2) is 5.97. The topological polar surface area (TPSA) is 85.4 Å². The van der Waals surface area contributed by atoms with Crippen molar-refractivity contribution >= 4 is 5.91 Å². The predicted molar refractivity (Wildman–Crippen MR) is 70.1 cm³/mol. The first-order valence-corrected chi connectivity index (χ1v) is 5.84. The van der Waals surface area contributed by atoms with Crippen LogP contribution in [0.3, 0.4) is 0 Å². The van der Waals surface area contributed by atoms with Crippen LogP contribution in [0.2, 0.25) is 0 Å². The zero-order valence-corrected chi connectivity index (χ0v) is 10.2. The first-order valence-electron chi connectivity index (χ1n) is 5.84. The molecule has 0 saturated heterocycles. The number of aliphatic hydroxyl groups excluding tert-OH is 1. The molecule has 5 nitrogen and oxygen atoms in total. The molecule has 2 aromatic rings. The Labute approximate surface area is 110 Å². The molecule has 19 heavy (non-hydrogen) atoms. The maximum absolute atomic E-state index is 11.3. The fraction of sp³-hybridized carbons (Fsp3) is 0.143. The summed E-state index contributed by atoms with van der Waals surface area (Å²) < 4.78 is 5.63. The largest absolute Gasteiger partial charge is 0.438 e. The van der Waals surface area contributed by atoms with Crippen molar-refractivity contribution in [1.29, 1.82) is 0 Å². The smallest absolute Gasteiger partial charge is 0.254 e. The van der Waals surface area contributed by atoms with Crippen LogP contribution in [-0.2, 0) is 6.42 Å². The van der Waals surface area contributed by atoms with Gasteiger partial charge in [-0.05, 0) is 30.2 Å². The highest BCUT2D eigenvalue weighted by atomic mass is 16.5. The summed E-state index contributed by atoms with van der Waals surface area (Å²) in [6, 6.07) is 10.4. The molecule has 0 aliphatic rings. The Balaban J connectivity index is 2.34. The number of rotatable bonds is 5. The summed E-state index contributed by atoms with van der Waals surface area (Å²) in [4.78, 5) is 15.3. The molecule has 3 N–H and O–H groups in total. The van der Waals surface area contributed by atoms with E-state index in [0.29, 0.717) is 12.2 Å². The normalized spacial score (nSPS) is 10.2. The summed E-state index contributed by atoms with van der Waals surface area (Å²) in [7, 11) is 0. The monoisotopic (exact) mass is 258 g/mol. The van der Waals surface area contributed by atoms with Gasteiger partial charge >= 0.3 is 0 Å². The fourth-order valence-electron chi connectivity index (χ4n) is 1.69. The fourth-order valence-corrected chi connectivity index (χ4v) is 1.69. The van der Waals surface area contributed by atoms with Crippen LogP contribution in [0, 0.1) is 0 Å². The van der Waals surface area contributed by atoms with Gasteiger partial charge in [-0.2, -0.15) is 0 Å². The number of aliphatic hydroxyl groups is 1. The molecular formula is C14H14N2O3. The molecule has 98 valence electrons. The lowest BCUT2D eigenvalue weighted by molar-refractivity contribution is 0.0997. The second-order valence-corrected chi connectivity index (χ2v) is 3.90. The van der Waals surface area contributed by atoms with Crippen LogP contribution < -0.4 is 10.5 Å². The lowest BCUT2D eigenvalue weighted by Gasteiger charge is -2.11. The first-order chi connectivity index (χ1) is 9.22. The maximum atomic E-state index is 11.3. The molecule has 1 aromatic heterocycles.